The van der Waals surface area contributed by atoms with Gasteiger partial charge in [0.2, 0.25) is 0 Å². The van der Waals surface area contributed by atoms with Crippen LogP contribution in [0.2, 0.25) is 0 Å². The topological polar surface area (TPSA) is 104 Å². The number of carbonyl (C=O) groups excluding carboxylic acids is 1. The number of allylic oxidation sites excluding steroid dienone is 2. The van der Waals surface area contributed by atoms with E-state index >= 15 is 0 Å². The highest BCUT2D eigenvalue weighted by atomic mass is 16.5. The standard InChI is InChI=1S/C26H36O6/c1-2-32-15-14-19-8-7-9-20(16-19)17-21(27)12-13-23-22(24(28)18-25(23)29)10-5-3-4-6-11-26(30)31/h3,5,7-9,12-13,16,21-23,25,27,29H,2,4,6,10-11,14-15,17-18H2,1H3,(H,30,31)/b5-3-,13-12+/t21-,22-,23-,25-/m1/s1. The second-order valence-electron chi connectivity index (χ2n) is 8.34. The van der Waals surface area contributed by atoms with E-state index in [2.05, 4.69) is 6.07 Å². The zero-order chi connectivity index (χ0) is 23.3. The molecule has 4 atom stereocenters. The summed E-state index contributed by atoms with van der Waals surface area (Å²) in [6.07, 6.45) is 9.09. The van der Waals surface area contributed by atoms with E-state index in [-0.39, 0.29) is 30.5 Å². The minimum absolute atomic E-state index is 0.0267. The SMILES string of the molecule is CCOCCc1cccc(C[C@H](O)/C=C/[C@H]2[C@H](O)CC(=O)[C@@H]2C/C=C\CCCC(=O)O)c1. The Bertz CT molecular complexity index is 784. The molecule has 176 valence electrons. The minimum Gasteiger partial charge on any atom is -0.481 e. The van der Waals surface area contributed by atoms with Gasteiger partial charge in [0, 0.05) is 37.7 Å². The predicted molar refractivity (Wildman–Crippen MR) is 123 cm³/mol. The van der Waals surface area contributed by atoms with Gasteiger partial charge in [0.05, 0.1) is 18.8 Å². The van der Waals surface area contributed by atoms with Crippen molar-refractivity contribution in [2.75, 3.05) is 13.2 Å². The molecular weight excluding hydrogens is 408 g/mol. The molecule has 3 N–H and O–H groups in total. The van der Waals surface area contributed by atoms with Gasteiger partial charge in [0.1, 0.15) is 5.78 Å². The van der Waals surface area contributed by atoms with Crippen molar-refractivity contribution in [3.05, 3.63) is 59.7 Å². The van der Waals surface area contributed by atoms with E-state index in [0.717, 1.165) is 12.0 Å². The smallest absolute Gasteiger partial charge is 0.303 e. The number of hydrogen-bond acceptors (Lipinski definition) is 5. The van der Waals surface area contributed by atoms with Gasteiger partial charge in [0.15, 0.2) is 0 Å². The number of hydrogen-bond donors (Lipinski definition) is 3. The third-order valence-corrected chi connectivity index (χ3v) is 5.78. The van der Waals surface area contributed by atoms with Gasteiger partial charge in [0.25, 0.3) is 0 Å². The van der Waals surface area contributed by atoms with E-state index in [0.29, 0.717) is 38.9 Å². The van der Waals surface area contributed by atoms with Crippen LogP contribution >= 0.6 is 0 Å². The number of aliphatic hydroxyl groups is 2. The second-order valence-corrected chi connectivity index (χ2v) is 8.34. The Balaban J connectivity index is 1.88. The van der Waals surface area contributed by atoms with Crippen LogP contribution in [-0.4, -0.2) is 52.5 Å². The summed E-state index contributed by atoms with van der Waals surface area (Å²) in [4.78, 5) is 22.9. The summed E-state index contributed by atoms with van der Waals surface area (Å²) in [6, 6.07) is 8.07. The van der Waals surface area contributed by atoms with Crippen LogP contribution in [-0.2, 0) is 27.2 Å². The summed E-state index contributed by atoms with van der Waals surface area (Å²) in [5.74, 6) is -1.42. The molecule has 0 heterocycles. The molecule has 1 aromatic rings. The molecule has 6 nitrogen and oxygen atoms in total. The van der Waals surface area contributed by atoms with Gasteiger partial charge < -0.3 is 20.1 Å². The number of unbranched alkanes of at least 4 members (excludes halogenated alkanes) is 1. The Kier molecular flexibility index (Phi) is 11.4. The number of carboxylic acids is 1. The van der Waals surface area contributed by atoms with E-state index in [1.54, 1.807) is 12.2 Å². The molecule has 0 spiro atoms. The maximum atomic E-state index is 12.3. The average Bonchev–Trinajstić information content (AvgIpc) is 3.01. The van der Waals surface area contributed by atoms with Gasteiger partial charge in [-0.05, 0) is 43.7 Å². The molecule has 32 heavy (non-hydrogen) atoms. The van der Waals surface area contributed by atoms with Gasteiger partial charge in [-0.2, -0.15) is 0 Å². The number of ether oxygens (including phenoxy) is 1. The number of benzene rings is 1. The van der Waals surface area contributed by atoms with Crippen LogP contribution in [0.3, 0.4) is 0 Å². The monoisotopic (exact) mass is 444 g/mol. The number of carboxylic acid groups (broad SMARTS) is 1. The van der Waals surface area contributed by atoms with Gasteiger partial charge >= 0.3 is 5.97 Å². The highest BCUT2D eigenvalue weighted by Gasteiger charge is 2.39. The second kappa shape index (κ2) is 14.0. The molecule has 6 heteroatoms. The lowest BCUT2D eigenvalue weighted by molar-refractivity contribution is -0.137. The van der Waals surface area contributed by atoms with Crippen molar-refractivity contribution in [3.8, 4) is 0 Å². The first-order valence-electron chi connectivity index (χ1n) is 11.5. The fourth-order valence-electron chi connectivity index (χ4n) is 4.07. The molecule has 0 bridgehead atoms. The molecule has 0 saturated heterocycles. The van der Waals surface area contributed by atoms with E-state index < -0.39 is 18.2 Å². The number of carbonyl (C=O) groups is 2. The summed E-state index contributed by atoms with van der Waals surface area (Å²) in [5, 5.41) is 29.5. The Labute approximate surface area is 190 Å². The van der Waals surface area contributed by atoms with E-state index in [4.69, 9.17) is 9.84 Å². The molecule has 1 aliphatic rings. The molecule has 2 rings (SSSR count). The zero-order valence-electron chi connectivity index (χ0n) is 18.9. The van der Waals surface area contributed by atoms with Crippen molar-refractivity contribution in [2.45, 2.75) is 64.1 Å². The largest absolute Gasteiger partial charge is 0.481 e. The third kappa shape index (κ3) is 9.07. The Morgan fingerprint density at radius 3 is 2.81 bits per heavy atom. The highest BCUT2D eigenvalue weighted by molar-refractivity contribution is 5.84. The van der Waals surface area contributed by atoms with E-state index in [9.17, 15) is 19.8 Å². The molecule has 1 fully saturated rings. The maximum absolute atomic E-state index is 12.3. The summed E-state index contributed by atoms with van der Waals surface area (Å²) in [6.45, 7) is 3.34. The van der Waals surface area contributed by atoms with Crippen LogP contribution in [0.25, 0.3) is 0 Å². The van der Waals surface area contributed by atoms with Crippen LogP contribution in [0.15, 0.2) is 48.6 Å². The Hall–Kier alpha value is -2.28. The van der Waals surface area contributed by atoms with E-state index in [1.165, 1.54) is 5.56 Å². The lowest BCUT2D eigenvalue weighted by atomic mass is 9.90. The first-order valence-corrected chi connectivity index (χ1v) is 11.5. The fourth-order valence-corrected chi connectivity index (χ4v) is 4.07. The lowest BCUT2D eigenvalue weighted by Gasteiger charge is -2.17. The van der Waals surface area contributed by atoms with Crippen LogP contribution in [0.4, 0.5) is 0 Å². The number of Topliss-reactive ketones (excluding diaryl/α,β-unsaturated/α-hetero) is 1. The summed E-state index contributed by atoms with van der Waals surface area (Å²) in [5.41, 5.74) is 2.19. The predicted octanol–water partition coefficient (Wildman–Crippen LogP) is 3.49. The summed E-state index contributed by atoms with van der Waals surface area (Å²) in [7, 11) is 0. The normalized spacial score (nSPS) is 22.2. The summed E-state index contributed by atoms with van der Waals surface area (Å²) < 4.78 is 5.40. The van der Waals surface area contributed by atoms with Crippen LogP contribution < -0.4 is 0 Å². The molecular formula is C26H36O6. The highest BCUT2D eigenvalue weighted by Crippen LogP contribution is 2.33. The lowest BCUT2D eigenvalue weighted by Crippen LogP contribution is -2.19. The van der Waals surface area contributed by atoms with Gasteiger partial charge in [-0.1, -0.05) is 48.6 Å². The molecule has 1 aliphatic carbocycles. The first-order chi connectivity index (χ1) is 15.4. The number of aliphatic hydroxyl groups excluding tert-OH is 2. The number of ketones is 1. The number of aliphatic carboxylic acids is 1. The third-order valence-electron chi connectivity index (χ3n) is 5.78. The number of rotatable bonds is 14. The summed E-state index contributed by atoms with van der Waals surface area (Å²) >= 11 is 0. The van der Waals surface area contributed by atoms with E-state index in [1.807, 2.05) is 37.3 Å². The Morgan fingerprint density at radius 1 is 1.28 bits per heavy atom. The van der Waals surface area contributed by atoms with Crippen molar-refractivity contribution in [1.29, 1.82) is 0 Å². The van der Waals surface area contributed by atoms with Gasteiger partial charge in [-0.25, -0.2) is 0 Å². The van der Waals surface area contributed by atoms with Crippen LogP contribution in [0.1, 0.15) is 50.2 Å². The van der Waals surface area contributed by atoms with Gasteiger partial charge in [-0.3, -0.25) is 9.59 Å². The molecule has 0 aromatic heterocycles. The van der Waals surface area contributed by atoms with Crippen LogP contribution in [0, 0.1) is 11.8 Å². The molecule has 0 unspecified atom stereocenters. The Morgan fingerprint density at radius 2 is 2.06 bits per heavy atom. The minimum atomic E-state index is -0.812. The maximum Gasteiger partial charge on any atom is 0.303 e. The molecule has 1 saturated carbocycles. The average molecular weight is 445 g/mol. The van der Waals surface area contributed by atoms with Crippen molar-refractivity contribution in [1.82, 2.24) is 0 Å². The molecule has 0 aliphatic heterocycles. The zero-order valence-corrected chi connectivity index (χ0v) is 18.9. The molecule has 0 radical (unpaired) electrons. The van der Waals surface area contributed by atoms with Crippen molar-refractivity contribution >= 4 is 11.8 Å². The first kappa shape index (κ1) is 26.0. The van der Waals surface area contributed by atoms with Crippen molar-refractivity contribution < 1.29 is 29.6 Å². The van der Waals surface area contributed by atoms with Crippen molar-refractivity contribution in [3.63, 3.8) is 0 Å². The molecule has 0 amide bonds. The van der Waals surface area contributed by atoms with Crippen molar-refractivity contribution in [2.24, 2.45) is 11.8 Å². The van der Waals surface area contributed by atoms with Gasteiger partial charge in [-0.15, -0.1) is 0 Å². The fraction of sp³-hybridized carbons (Fsp3) is 0.538. The quantitative estimate of drug-likeness (QED) is 0.300. The molecule has 1 aromatic carbocycles. The van der Waals surface area contributed by atoms with Crippen LogP contribution in [0.5, 0.6) is 0 Å².